The monoisotopic (exact) mass is 499 g/mol. The van der Waals surface area contributed by atoms with E-state index in [0.717, 1.165) is 0 Å². The van der Waals surface area contributed by atoms with Crippen LogP contribution in [0.3, 0.4) is 0 Å². The molecule has 1 saturated carbocycles. The predicted octanol–water partition coefficient (Wildman–Crippen LogP) is 2.29. The fraction of sp³-hybridized carbons (Fsp3) is 0.400. The molecule has 0 spiro atoms. The minimum Gasteiger partial charge on any atom is -0.466 e. The summed E-state index contributed by atoms with van der Waals surface area (Å²) >= 11 is 0. The fourth-order valence-corrected chi connectivity index (χ4v) is 6.46. The molecule has 1 aliphatic heterocycles. The number of hydrogen-bond donors (Lipinski definition) is 2. The third kappa shape index (κ3) is 5.17. The number of nitrogens with zero attached hydrogens (tertiary/aromatic N) is 1. The third-order valence-electron chi connectivity index (χ3n) is 6.41. The van der Waals surface area contributed by atoms with Crippen LogP contribution >= 0.6 is 0 Å². The van der Waals surface area contributed by atoms with Crippen molar-refractivity contribution in [3.05, 3.63) is 59.7 Å². The molecule has 0 unspecified atom stereocenters. The summed E-state index contributed by atoms with van der Waals surface area (Å²) in [4.78, 5) is 39.3. The number of esters is 1. The largest absolute Gasteiger partial charge is 0.466 e. The van der Waals surface area contributed by atoms with Gasteiger partial charge in [0.15, 0.2) is 9.84 Å². The average Bonchev–Trinajstić information content (AvgIpc) is 3.62. The van der Waals surface area contributed by atoms with E-state index in [1.165, 1.54) is 0 Å². The van der Waals surface area contributed by atoms with Gasteiger partial charge >= 0.3 is 5.97 Å². The molecule has 0 radical (unpaired) electrons. The maximum Gasteiger partial charge on any atom is 0.311 e. The van der Waals surface area contributed by atoms with E-state index >= 15 is 0 Å². The topological polar surface area (TPSA) is 136 Å². The lowest BCUT2D eigenvalue weighted by molar-refractivity contribution is -0.149. The summed E-state index contributed by atoms with van der Waals surface area (Å²) in [7, 11) is -3.56. The van der Waals surface area contributed by atoms with Crippen molar-refractivity contribution in [2.24, 2.45) is 11.7 Å². The first-order valence-corrected chi connectivity index (χ1v) is 13.2. The molecule has 1 aliphatic carbocycles. The van der Waals surface area contributed by atoms with E-state index in [1.807, 2.05) is 0 Å². The molecule has 3 N–H and O–H groups in total. The van der Waals surface area contributed by atoms with Crippen LogP contribution in [-0.4, -0.2) is 56.0 Å². The number of carbonyl (C=O) groups is 3. The van der Waals surface area contributed by atoms with Gasteiger partial charge in [-0.05, 0) is 56.0 Å². The van der Waals surface area contributed by atoms with Gasteiger partial charge < -0.3 is 20.7 Å². The smallest absolute Gasteiger partial charge is 0.311 e. The highest BCUT2D eigenvalue weighted by atomic mass is 32.2. The molecule has 2 amide bonds. The van der Waals surface area contributed by atoms with Gasteiger partial charge in [0.05, 0.1) is 35.3 Å². The van der Waals surface area contributed by atoms with Crippen LogP contribution in [0.15, 0.2) is 53.4 Å². The summed E-state index contributed by atoms with van der Waals surface area (Å²) in [6.07, 6.45) is 1.59. The molecule has 1 saturated heterocycles. The van der Waals surface area contributed by atoms with Gasteiger partial charge in [-0.15, -0.1) is 0 Å². The van der Waals surface area contributed by atoms with E-state index in [1.54, 1.807) is 60.4 Å². The highest BCUT2D eigenvalue weighted by Crippen LogP contribution is 2.43. The molecule has 0 aromatic heterocycles. The van der Waals surface area contributed by atoms with Gasteiger partial charge in [-0.1, -0.05) is 24.3 Å². The fourth-order valence-electron chi connectivity index (χ4n) is 4.56. The highest BCUT2D eigenvalue weighted by Gasteiger charge is 2.46. The van der Waals surface area contributed by atoms with Crippen LogP contribution in [0.4, 0.5) is 5.69 Å². The summed E-state index contributed by atoms with van der Waals surface area (Å²) in [6.45, 7) is 2.08. The van der Waals surface area contributed by atoms with E-state index in [9.17, 15) is 22.8 Å². The van der Waals surface area contributed by atoms with Gasteiger partial charge in [0, 0.05) is 17.8 Å². The lowest BCUT2D eigenvalue weighted by atomic mass is 9.93. The van der Waals surface area contributed by atoms with E-state index in [0.29, 0.717) is 36.1 Å². The number of ether oxygens (including phenoxy) is 1. The average molecular weight is 500 g/mol. The van der Waals surface area contributed by atoms with Gasteiger partial charge in [-0.3, -0.25) is 14.4 Å². The van der Waals surface area contributed by atoms with E-state index in [-0.39, 0.29) is 30.5 Å². The van der Waals surface area contributed by atoms with Crippen LogP contribution in [-0.2, 0) is 24.2 Å². The van der Waals surface area contributed by atoms with Gasteiger partial charge in [0.2, 0.25) is 11.8 Å². The maximum absolute atomic E-state index is 13.3. The second-order valence-electron chi connectivity index (χ2n) is 8.76. The first kappa shape index (κ1) is 24.7. The Hall–Kier alpha value is -3.40. The molecule has 2 aromatic carbocycles. The molecule has 2 atom stereocenters. The van der Waals surface area contributed by atoms with Gasteiger partial charge in [0.25, 0.3) is 0 Å². The van der Waals surface area contributed by atoms with E-state index < -0.39 is 38.9 Å². The van der Waals surface area contributed by atoms with Gasteiger partial charge in [-0.25, -0.2) is 8.42 Å². The quantitative estimate of drug-likeness (QED) is 0.505. The summed E-state index contributed by atoms with van der Waals surface area (Å²) in [5.74, 6) is -2.00. The summed E-state index contributed by atoms with van der Waals surface area (Å²) in [5, 5.41) is 2.58. The Bertz CT molecular complexity index is 1240. The molecule has 35 heavy (non-hydrogen) atoms. The van der Waals surface area contributed by atoms with Crippen molar-refractivity contribution < 1.29 is 27.5 Å². The number of rotatable bonds is 9. The lowest BCUT2D eigenvalue weighted by Crippen LogP contribution is -2.38. The third-order valence-corrected chi connectivity index (χ3v) is 8.74. The number of nitrogens with two attached hydrogens (primary N) is 1. The molecule has 2 fully saturated rings. The summed E-state index contributed by atoms with van der Waals surface area (Å²) in [5.41, 5.74) is 6.63. The number of nitrogens with one attached hydrogen (secondary N) is 1. The Morgan fingerprint density at radius 3 is 2.51 bits per heavy atom. The standard InChI is InChI=1S/C25H29N3O6S/c1-2-34-25(31)20-12-13-28(22(29)15-27-17-7-5-6-16(14-17)24(26)30)23(20)19-8-3-4-9-21(19)35(32,33)18-10-11-18/h3-9,14,18,20,23,27H,2,10-13,15H2,1H3,(H2,26,30)/t20-,23-/m0/s1. The van der Waals surface area contributed by atoms with Crippen LogP contribution < -0.4 is 11.1 Å². The number of carbonyl (C=O) groups excluding carboxylic acids is 3. The Morgan fingerprint density at radius 2 is 1.83 bits per heavy atom. The maximum atomic E-state index is 13.3. The summed E-state index contributed by atoms with van der Waals surface area (Å²) in [6, 6.07) is 12.3. The zero-order chi connectivity index (χ0) is 25.2. The van der Waals surface area contributed by atoms with Gasteiger partial charge in [0.1, 0.15) is 0 Å². The van der Waals surface area contributed by atoms with Gasteiger partial charge in [-0.2, -0.15) is 0 Å². The Kier molecular flexibility index (Phi) is 7.11. The molecule has 9 nitrogen and oxygen atoms in total. The van der Waals surface area contributed by atoms with Crippen molar-refractivity contribution in [2.45, 2.75) is 42.4 Å². The van der Waals surface area contributed by atoms with Crippen molar-refractivity contribution in [3.63, 3.8) is 0 Å². The molecule has 10 heteroatoms. The number of hydrogen-bond acceptors (Lipinski definition) is 7. The van der Waals surface area contributed by atoms with Crippen molar-refractivity contribution >= 4 is 33.3 Å². The zero-order valence-corrected chi connectivity index (χ0v) is 20.3. The Morgan fingerprint density at radius 1 is 1.09 bits per heavy atom. The number of benzene rings is 2. The van der Waals surface area contributed by atoms with E-state index in [4.69, 9.17) is 10.5 Å². The normalized spacial score (nSPS) is 19.9. The summed E-state index contributed by atoms with van der Waals surface area (Å²) < 4.78 is 31.6. The highest BCUT2D eigenvalue weighted by molar-refractivity contribution is 7.92. The number of primary amides is 1. The zero-order valence-electron chi connectivity index (χ0n) is 19.5. The first-order chi connectivity index (χ1) is 16.7. The SMILES string of the molecule is CCOC(=O)[C@H]1CCN(C(=O)CNc2cccc(C(N)=O)c2)[C@H]1c1ccccc1S(=O)(=O)C1CC1. The minimum absolute atomic E-state index is 0.105. The van der Waals surface area contributed by atoms with Crippen molar-refractivity contribution in [1.29, 1.82) is 0 Å². The van der Waals surface area contributed by atoms with Crippen molar-refractivity contribution in [2.75, 3.05) is 25.0 Å². The van der Waals surface area contributed by atoms with Crippen LogP contribution in [0, 0.1) is 5.92 Å². The number of likely N-dealkylation sites (tertiary alicyclic amines) is 1. The second-order valence-corrected chi connectivity index (χ2v) is 11.0. The number of amides is 2. The van der Waals surface area contributed by atoms with E-state index in [2.05, 4.69) is 5.32 Å². The van der Waals surface area contributed by atoms with Crippen LogP contribution in [0.1, 0.15) is 48.1 Å². The second kappa shape index (κ2) is 10.1. The minimum atomic E-state index is -3.56. The molecule has 1 heterocycles. The molecular formula is C25H29N3O6S. The van der Waals surface area contributed by atoms with Crippen LogP contribution in [0.5, 0.6) is 0 Å². The van der Waals surface area contributed by atoms with Crippen LogP contribution in [0.25, 0.3) is 0 Å². The molecule has 2 aliphatic rings. The molecule has 4 rings (SSSR count). The first-order valence-electron chi connectivity index (χ1n) is 11.7. The number of anilines is 1. The Balaban J connectivity index is 1.63. The number of sulfone groups is 1. The Labute approximate surface area is 204 Å². The van der Waals surface area contributed by atoms with Crippen LogP contribution in [0.2, 0.25) is 0 Å². The van der Waals surface area contributed by atoms with Crippen molar-refractivity contribution in [3.8, 4) is 0 Å². The molecule has 0 bridgehead atoms. The predicted molar refractivity (Wildman–Crippen MR) is 129 cm³/mol. The van der Waals surface area contributed by atoms with Crippen molar-refractivity contribution in [1.82, 2.24) is 4.90 Å². The molecule has 2 aromatic rings. The lowest BCUT2D eigenvalue weighted by Gasteiger charge is -2.29. The molecule has 186 valence electrons. The molecular weight excluding hydrogens is 470 g/mol.